The van der Waals surface area contributed by atoms with Crippen LogP contribution in [-0.2, 0) is 9.53 Å². The second-order valence-electron chi connectivity index (χ2n) is 8.96. The zero-order valence-electron chi connectivity index (χ0n) is 20.1. The quantitative estimate of drug-likeness (QED) is 0.366. The number of para-hydroxylation sites is 2. The zero-order valence-corrected chi connectivity index (χ0v) is 20.1. The molecule has 2 fully saturated rings. The van der Waals surface area contributed by atoms with Gasteiger partial charge in [-0.15, -0.1) is 0 Å². The minimum Gasteiger partial charge on any atom is -0.420 e. The average Bonchev–Trinajstić information content (AvgIpc) is 3.20. The molecule has 0 N–H and O–H groups in total. The van der Waals surface area contributed by atoms with Gasteiger partial charge in [0.2, 0.25) is 0 Å². The summed E-state index contributed by atoms with van der Waals surface area (Å²) in [5.41, 5.74) is 4.12. The maximum Gasteiger partial charge on any atom is 0.300 e. The molecule has 178 valence electrons. The SMILES string of the molecule is CCN1C(=O)/C(=C\c2ccc(N(c3ccccc3)c3ccccc3)cc2)OC1=NC1CCCCC1. The van der Waals surface area contributed by atoms with Crippen molar-refractivity contribution in [1.82, 2.24) is 4.90 Å². The van der Waals surface area contributed by atoms with Crippen molar-refractivity contribution in [3.63, 3.8) is 0 Å². The number of hydrogen-bond acceptors (Lipinski definition) is 4. The van der Waals surface area contributed by atoms with Crippen LogP contribution in [0, 0.1) is 0 Å². The van der Waals surface area contributed by atoms with Crippen LogP contribution in [0.4, 0.5) is 17.1 Å². The van der Waals surface area contributed by atoms with Gasteiger partial charge in [0.25, 0.3) is 5.91 Å². The highest BCUT2D eigenvalue weighted by molar-refractivity contribution is 6.11. The number of rotatable bonds is 6. The second kappa shape index (κ2) is 10.6. The van der Waals surface area contributed by atoms with E-state index in [1.807, 2.05) is 61.5 Å². The molecule has 5 heteroatoms. The van der Waals surface area contributed by atoms with Crippen molar-refractivity contribution in [1.29, 1.82) is 0 Å². The number of hydrogen-bond donors (Lipinski definition) is 0. The highest BCUT2D eigenvalue weighted by Gasteiger charge is 2.34. The maximum absolute atomic E-state index is 13.0. The lowest BCUT2D eigenvalue weighted by Crippen LogP contribution is -2.30. The largest absolute Gasteiger partial charge is 0.420 e. The fourth-order valence-electron chi connectivity index (χ4n) is 4.72. The summed E-state index contributed by atoms with van der Waals surface area (Å²) in [6.45, 7) is 2.50. The van der Waals surface area contributed by atoms with E-state index in [1.165, 1.54) is 19.3 Å². The Morgan fingerprint density at radius 3 is 2.00 bits per heavy atom. The Kier molecular flexibility index (Phi) is 6.94. The van der Waals surface area contributed by atoms with Gasteiger partial charge in [0.15, 0.2) is 5.76 Å². The zero-order chi connectivity index (χ0) is 24.0. The van der Waals surface area contributed by atoms with Gasteiger partial charge in [0.1, 0.15) is 0 Å². The van der Waals surface area contributed by atoms with E-state index in [0.717, 1.165) is 35.5 Å². The van der Waals surface area contributed by atoms with E-state index in [1.54, 1.807) is 4.90 Å². The summed E-state index contributed by atoms with van der Waals surface area (Å²) < 4.78 is 5.98. The summed E-state index contributed by atoms with van der Waals surface area (Å²) in [7, 11) is 0. The minimum absolute atomic E-state index is 0.124. The number of ether oxygens (including phenoxy) is 1. The molecule has 0 aromatic heterocycles. The molecule has 3 aromatic carbocycles. The molecule has 0 radical (unpaired) electrons. The highest BCUT2D eigenvalue weighted by Crippen LogP contribution is 2.34. The van der Waals surface area contributed by atoms with Crippen LogP contribution in [0.1, 0.15) is 44.6 Å². The first-order valence-corrected chi connectivity index (χ1v) is 12.5. The van der Waals surface area contributed by atoms with Gasteiger partial charge in [0.05, 0.1) is 6.04 Å². The number of nitrogens with zero attached hydrogens (tertiary/aromatic N) is 3. The van der Waals surface area contributed by atoms with Gasteiger partial charge in [-0.25, -0.2) is 4.99 Å². The molecule has 1 saturated carbocycles. The highest BCUT2D eigenvalue weighted by atomic mass is 16.5. The number of amidine groups is 1. The van der Waals surface area contributed by atoms with Crippen LogP contribution in [0.15, 0.2) is 95.7 Å². The first kappa shape index (κ1) is 22.9. The number of aliphatic imine (C=N–C) groups is 1. The molecular formula is C30H31N3O2. The normalized spacial score (nSPS) is 18.8. The van der Waals surface area contributed by atoms with Crippen molar-refractivity contribution in [2.24, 2.45) is 4.99 Å². The van der Waals surface area contributed by atoms with Crippen molar-refractivity contribution in [2.75, 3.05) is 11.4 Å². The average molecular weight is 466 g/mol. The Bertz CT molecular complexity index is 1160. The Balaban J connectivity index is 1.40. The van der Waals surface area contributed by atoms with Gasteiger partial charge >= 0.3 is 6.02 Å². The number of anilines is 3. The summed E-state index contributed by atoms with van der Waals surface area (Å²) in [6, 6.07) is 29.5. The molecule has 0 unspecified atom stereocenters. The van der Waals surface area contributed by atoms with Gasteiger partial charge in [-0.05, 0) is 67.8 Å². The van der Waals surface area contributed by atoms with Gasteiger partial charge in [-0.3, -0.25) is 9.69 Å². The van der Waals surface area contributed by atoms with E-state index in [0.29, 0.717) is 18.3 Å². The number of likely N-dealkylation sites (N-methyl/N-ethyl adjacent to an activating group) is 1. The monoisotopic (exact) mass is 465 g/mol. The molecule has 35 heavy (non-hydrogen) atoms. The molecule has 1 aliphatic carbocycles. The topological polar surface area (TPSA) is 45.1 Å². The molecule has 1 aliphatic heterocycles. The molecule has 2 aliphatic rings. The fraction of sp³-hybridized carbons (Fsp3) is 0.267. The van der Waals surface area contributed by atoms with Crippen LogP contribution in [0.3, 0.4) is 0 Å². The summed E-state index contributed by atoms with van der Waals surface area (Å²) in [6.07, 6.45) is 7.61. The van der Waals surface area contributed by atoms with Crippen molar-refractivity contribution < 1.29 is 9.53 Å². The van der Waals surface area contributed by atoms with E-state index in [2.05, 4.69) is 41.3 Å². The first-order chi connectivity index (χ1) is 17.2. The van der Waals surface area contributed by atoms with Gasteiger partial charge in [-0.1, -0.05) is 67.8 Å². The van der Waals surface area contributed by atoms with E-state index >= 15 is 0 Å². The molecule has 1 amide bonds. The molecule has 0 atom stereocenters. The van der Waals surface area contributed by atoms with E-state index in [9.17, 15) is 4.79 Å². The predicted octanol–water partition coefficient (Wildman–Crippen LogP) is 7.06. The van der Waals surface area contributed by atoms with Crippen LogP contribution in [0.25, 0.3) is 6.08 Å². The Hall–Kier alpha value is -3.86. The van der Waals surface area contributed by atoms with E-state index < -0.39 is 0 Å². The number of amides is 1. The molecule has 1 saturated heterocycles. The van der Waals surface area contributed by atoms with Crippen LogP contribution in [-0.4, -0.2) is 29.4 Å². The van der Waals surface area contributed by atoms with Crippen molar-refractivity contribution in [3.05, 3.63) is 96.3 Å². The molecule has 1 heterocycles. The Labute approximate surface area is 207 Å². The Morgan fingerprint density at radius 2 is 1.43 bits per heavy atom. The van der Waals surface area contributed by atoms with Crippen LogP contribution < -0.4 is 4.90 Å². The predicted molar refractivity (Wildman–Crippen MR) is 142 cm³/mol. The third kappa shape index (κ3) is 5.14. The molecule has 0 bridgehead atoms. The van der Waals surface area contributed by atoms with Crippen molar-refractivity contribution >= 4 is 35.1 Å². The Morgan fingerprint density at radius 1 is 0.857 bits per heavy atom. The van der Waals surface area contributed by atoms with Crippen molar-refractivity contribution in [2.45, 2.75) is 45.1 Å². The van der Waals surface area contributed by atoms with Gasteiger partial charge in [0, 0.05) is 23.6 Å². The lowest BCUT2D eigenvalue weighted by molar-refractivity contribution is -0.122. The van der Waals surface area contributed by atoms with E-state index in [-0.39, 0.29) is 11.9 Å². The maximum atomic E-state index is 13.0. The summed E-state index contributed by atoms with van der Waals surface area (Å²) in [4.78, 5) is 21.6. The number of benzene rings is 3. The van der Waals surface area contributed by atoms with E-state index in [4.69, 9.17) is 9.73 Å². The third-order valence-corrected chi connectivity index (χ3v) is 6.55. The summed E-state index contributed by atoms with van der Waals surface area (Å²) in [5, 5.41) is 0. The molecule has 0 spiro atoms. The lowest BCUT2D eigenvalue weighted by atomic mass is 9.96. The van der Waals surface area contributed by atoms with Crippen LogP contribution in [0.5, 0.6) is 0 Å². The standard InChI is InChI=1S/C30H31N3O2/c1-2-32-29(34)28(35-30(32)31-24-12-6-3-7-13-24)22-23-18-20-27(21-19-23)33(25-14-8-4-9-15-25)26-16-10-5-11-17-26/h4-5,8-11,14-22,24H,2-3,6-7,12-13H2,1H3/b28-22+,31-30?. The van der Waals surface area contributed by atoms with Gasteiger partial charge < -0.3 is 9.64 Å². The summed E-state index contributed by atoms with van der Waals surface area (Å²) in [5.74, 6) is 0.207. The second-order valence-corrected chi connectivity index (χ2v) is 8.96. The smallest absolute Gasteiger partial charge is 0.300 e. The fourth-order valence-corrected chi connectivity index (χ4v) is 4.72. The number of carbonyl (C=O) groups excluding carboxylic acids is 1. The third-order valence-electron chi connectivity index (χ3n) is 6.55. The van der Waals surface area contributed by atoms with Crippen LogP contribution >= 0.6 is 0 Å². The molecule has 5 rings (SSSR count). The van der Waals surface area contributed by atoms with Crippen LogP contribution in [0.2, 0.25) is 0 Å². The molecular weight excluding hydrogens is 434 g/mol. The van der Waals surface area contributed by atoms with Crippen molar-refractivity contribution in [3.8, 4) is 0 Å². The first-order valence-electron chi connectivity index (χ1n) is 12.5. The summed E-state index contributed by atoms with van der Waals surface area (Å²) >= 11 is 0. The number of carbonyl (C=O) groups is 1. The lowest BCUT2D eigenvalue weighted by Gasteiger charge is -2.25. The molecule has 5 nitrogen and oxygen atoms in total. The van der Waals surface area contributed by atoms with Gasteiger partial charge in [-0.2, -0.15) is 0 Å². The molecule has 3 aromatic rings. The minimum atomic E-state index is -0.124.